The van der Waals surface area contributed by atoms with Gasteiger partial charge in [0.15, 0.2) is 43.1 Å². The second-order valence-electron chi connectivity index (χ2n) is 13.5. The molecule has 0 aliphatic carbocycles. The minimum absolute atomic E-state index is 0.000695. The molecule has 3 heterocycles. The number of carbonyl (C=O) groups excluding carboxylic acids is 8. The Morgan fingerprint density at radius 1 is 0.516 bits per heavy atom. The second kappa shape index (κ2) is 25.6. The second-order valence-corrected chi connectivity index (χ2v) is 13.5. The lowest BCUT2D eigenvalue weighted by atomic mass is 9.96. The predicted octanol–water partition coefficient (Wildman–Crippen LogP) is -0.989. The Morgan fingerprint density at radius 2 is 0.952 bits per heavy atom. The topological polar surface area (TPSA) is 296 Å². The third-order valence-electron chi connectivity index (χ3n) is 8.24. The molecule has 62 heavy (non-hydrogen) atoms. The van der Waals surface area contributed by atoms with Crippen molar-refractivity contribution in [1.82, 2.24) is 15.0 Å². The van der Waals surface area contributed by atoms with Crippen molar-refractivity contribution in [2.45, 2.75) is 130 Å². The van der Waals surface area contributed by atoms with E-state index in [1.165, 1.54) is 11.6 Å². The molecule has 2 aliphatic rings. The molecule has 0 spiro atoms. The summed E-state index contributed by atoms with van der Waals surface area (Å²) in [6.45, 7) is 8.26. The smallest absolute Gasteiger partial charge is 0.303 e. The van der Waals surface area contributed by atoms with Gasteiger partial charge in [-0.2, -0.15) is 0 Å². The minimum atomic E-state index is -1.82. The van der Waals surface area contributed by atoms with E-state index in [0.717, 1.165) is 48.5 Å². The summed E-state index contributed by atoms with van der Waals surface area (Å²) in [6, 6.07) is 0. The molecule has 2 aliphatic heterocycles. The molecule has 1 aromatic rings. The standard InChI is InChI=1S/C37H53N3O22/c1-19(41)52-16-27-15-40(39-38-27)9-10-49-11-12-50-13-14-51-36-34(58-25(7)47)33(57-24(6)46)31(29(60-36)18-54-21(3)43)62-37-35(59-26(8)48)32(56-23(5)45)30(55-22(4)44)28(61-37)17-53-20(2)42/h15,28-37H,9-14,16-18H2,1-8H3/t28-,29-,30+,31-,32+,33+,34-,35-,36-,37+/m1/s1. The molecule has 0 aromatic carbocycles. The van der Waals surface area contributed by atoms with Crippen LogP contribution in [0.3, 0.4) is 0 Å². The molecule has 2 fully saturated rings. The van der Waals surface area contributed by atoms with Crippen LogP contribution in [0.2, 0.25) is 0 Å². The molecule has 3 rings (SSSR count). The minimum Gasteiger partial charge on any atom is -0.463 e. The summed E-state index contributed by atoms with van der Waals surface area (Å²) >= 11 is 0. The quantitative estimate of drug-likeness (QED) is 0.0724. The molecule has 348 valence electrons. The van der Waals surface area contributed by atoms with Crippen molar-refractivity contribution in [3.8, 4) is 0 Å². The van der Waals surface area contributed by atoms with Gasteiger partial charge in [0.25, 0.3) is 0 Å². The maximum Gasteiger partial charge on any atom is 0.303 e. The first-order valence-electron chi connectivity index (χ1n) is 19.2. The molecule has 10 atom stereocenters. The number of hydrogen-bond donors (Lipinski definition) is 0. The van der Waals surface area contributed by atoms with Crippen LogP contribution in [0.1, 0.15) is 61.1 Å². The van der Waals surface area contributed by atoms with Crippen LogP contribution in [0.15, 0.2) is 6.20 Å². The van der Waals surface area contributed by atoms with Gasteiger partial charge in [0, 0.05) is 55.4 Å². The first-order valence-corrected chi connectivity index (χ1v) is 19.2. The predicted molar refractivity (Wildman–Crippen MR) is 196 cm³/mol. The lowest BCUT2D eigenvalue weighted by Gasteiger charge is -2.48. The van der Waals surface area contributed by atoms with Crippen LogP contribution in [0, 0.1) is 0 Å². The van der Waals surface area contributed by atoms with Crippen LogP contribution in [-0.2, 0) is 118 Å². The van der Waals surface area contributed by atoms with E-state index in [9.17, 15) is 38.4 Å². The third kappa shape index (κ3) is 17.6. The van der Waals surface area contributed by atoms with E-state index in [4.69, 9.17) is 66.3 Å². The van der Waals surface area contributed by atoms with Crippen molar-refractivity contribution in [3.05, 3.63) is 11.9 Å². The van der Waals surface area contributed by atoms with E-state index >= 15 is 0 Å². The van der Waals surface area contributed by atoms with Crippen molar-refractivity contribution in [1.29, 1.82) is 0 Å². The van der Waals surface area contributed by atoms with Gasteiger partial charge >= 0.3 is 47.8 Å². The zero-order chi connectivity index (χ0) is 45.9. The Balaban J connectivity index is 1.82. The molecule has 0 unspecified atom stereocenters. The highest BCUT2D eigenvalue weighted by molar-refractivity contribution is 5.69. The Kier molecular flexibility index (Phi) is 21.0. The molecule has 25 heteroatoms. The van der Waals surface area contributed by atoms with E-state index in [0.29, 0.717) is 12.2 Å². The Morgan fingerprint density at radius 3 is 1.48 bits per heavy atom. The summed E-state index contributed by atoms with van der Waals surface area (Å²) in [6.07, 6.45) is -14.3. The molecule has 0 saturated carbocycles. The number of hydrogen-bond acceptors (Lipinski definition) is 24. The fourth-order valence-corrected chi connectivity index (χ4v) is 6.00. The molecule has 0 amide bonds. The van der Waals surface area contributed by atoms with Gasteiger partial charge in [-0.25, -0.2) is 4.68 Å². The van der Waals surface area contributed by atoms with Crippen molar-refractivity contribution < 1.29 is 105 Å². The summed E-state index contributed by atoms with van der Waals surface area (Å²) in [5, 5.41) is 7.83. The molecule has 0 radical (unpaired) electrons. The fraction of sp³-hybridized carbons (Fsp3) is 0.730. The molecule has 2 saturated heterocycles. The largest absolute Gasteiger partial charge is 0.463 e. The van der Waals surface area contributed by atoms with Crippen LogP contribution >= 0.6 is 0 Å². The van der Waals surface area contributed by atoms with E-state index in [2.05, 4.69) is 10.3 Å². The van der Waals surface area contributed by atoms with Crippen molar-refractivity contribution in [3.63, 3.8) is 0 Å². The Labute approximate surface area is 355 Å². The van der Waals surface area contributed by atoms with E-state index in [-0.39, 0.29) is 39.6 Å². The number of ether oxygens (including phenoxy) is 14. The summed E-state index contributed by atoms with van der Waals surface area (Å²) in [5.74, 6) is -6.45. The average molecular weight is 892 g/mol. The summed E-state index contributed by atoms with van der Waals surface area (Å²) in [4.78, 5) is 97.0. The van der Waals surface area contributed by atoms with Gasteiger partial charge in [-0.1, -0.05) is 5.21 Å². The first kappa shape index (κ1) is 51.0. The maximum atomic E-state index is 12.6. The van der Waals surface area contributed by atoms with E-state index in [1.54, 1.807) is 6.20 Å². The average Bonchev–Trinajstić information content (AvgIpc) is 3.62. The summed E-state index contributed by atoms with van der Waals surface area (Å²) in [5.41, 5.74) is 0.476. The highest BCUT2D eigenvalue weighted by Crippen LogP contribution is 2.35. The molecule has 25 nitrogen and oxygen atoms in total. The van der Waals surface area contributed by atoms with Crippen molar-refractivity contribution in [2.24, 2.45) is 0 Å². The van der Waals surface area contributed by atoms with Gasteiger partial charge in [0.1, 0.15) is 43.8 Å². The highest BCUT2D eigenvalue weighted by Gasteiger charge is 2.57. The number of carbonyl (C=O) groups is 8. The molecule has 1 aromatic heterocycles. The van der Waals surface area contributed by atoms with Gasteiger partial charge in [0.2, 0.25) is 0 Å². The van der Waals surface area contributed by atoms with Crippen molar-refractivity contribution in [2.75, 3.05) is 46.2 Å². The van der Waals surface area contributed by atoms with Crippen LogP contribution < -0.4 is 0 Å². The fourth-order valence-electron chi connectivity index (χ4n) is 6.00. The van der Waals surface area contributed by atoms with E-state index < -0.39 is 122 Å². The monoisotopic (exact) mass is 891 g/mol. The van der Waals surface area contributed by atoms with Gasteiger partial charge in [0.05, 0.1) is 45.8 Å². The van der Waals surface area contributed by atoms with Gasteiger partial charge in [-0.3, -0.25) is 38.4 Å². The molecule has 0 bridgehead atoms. The normalized spacial score (nSPS) is 25.7. The molecular formula is C37H53N3O22. The number of esters is 8. The van der Waals surface area contributed by atoms with Gasteiger partial charge in [-0.05, 0) is 0 Å². The van der Waals surface area contributed by atoms with Gasteiger partial charge < -0.3 is 66.3 Å². The third-order valence-corrected chi connectivity index (χ3v) is 8.24. The number of aromatic nitrogens is 3. The summed E-state index contributed by atoms with van der Waals surface area (Å²) < 4.78 is 80.0. The first-order chi connectivity index (χ1) is 29.3. The number of rotatable bonds is 23. The van der Waals surface area contributed by atoms with Crippen LogP contribution in [0.5, 0.6) is 0 Å². The Hall–Kier alpha value is -5.34. The van der Waals surface area contributed by atoms with Crippen LogP contribution in [0.25, 0.3) is 0 Å². The highest BCUT2D eigenvalue weighted by atomic mass is 16.8. The zero-order valence-electron chi connectivity index (χ0n) is 35.5. The zero-order valence-corrected chi connectivity index (χ0v) is 35.5. The Bertz CT molecular complexity index is 1690. The van der Waals surface area contributed by atoms with Crippen molar-refractivity contribution >= 4 is 47.8 Å². The molecular weight excluding hydrogens is 838 g/mol. The van der Waals surface area contributed by atoms with Crippen LogP contribution in [-0.4, -0.2) is 170 Å². The maximum absolute atomic E-state index is 12.6. The summed E-state index contributed by atoms with van der Waals surface area (Å²) in [7, 11) is 0. The lowest BCUT2D eigenvalue weighted by molar-refractivity contribution is -0.361. The lowest BCUT2D eigenvalue weighted by Crippen LogP contribution is -2.67. The SMILES string of the molecule is CC(=O)OCc1cn(CCOCCOCCO[C@@H]2O[C@H](COC(C)=O)[C@@H](O[C@@H]3O[C@H](COC(C)=O)[C@H](OC(C)=O)[C@H](OC(C)=O)[C@H]3OC(C)=O)[C@H](OC(C)=O)[C@H]2OC(C)=O)nn1. The van der Waals surface area contributed by atoms with Gasteiger partial charge in [-0.15, -0.1) is 5.10 Å². The van der Waals surface area contributed by atoms with E-state index in [1.807, 2.05) is 0 Å². The van der Waals surface area contributed by atoms with Crippen LogP contribution in [0.4, 0.5) is 0 Å². The molecule has 0 N–H and O–H groups in total. The number of nitrogens with zero attached hydrogens (tertiary/aromatic N) is 3.